The highest BCUT2D eigenvalue weighted by Crippen LogP contribution is 2.16. The van der Waals surface area contributed by atoms with Crippen LogP contribution in [-0.4, -0.2) is 20.9 Å². The molecule has 104 valence electrons. The zero-order chi connectivity index (χ0) is 14.5. The second-order valence-corrected chi connectivity index (χ2v) is 6.29. The number of benzene rings is 1. The van der Waals surface area contributed by atoms with Crippen LogP contribution in [0.2, 0.25) is 0 Å². The molecule has 2 aromatic rings. The second-order valence-electron chi connectivity index (χ2n) is 3.96. The summed E-state index contributed by atoms with van der Waals surface area (Å²) in [6, 6.07) is 8.69. The lowest BCUT2D eigenvalue weighted by Gasteiger charge is -2.06. The Kier molecular flexibility index (Phi) is 4.86. The molecule has 0 saturated carbocycles. The van der Waals surface area contributed by atoms with Gasteiger partial charge in [-0.3, -0.25) is 14.0 Å². The van der Waals surface area contributed by atoms with E-state index in [1.807, 2.05) is 12.1 Å². The van der Waals surface area contributed by atoms with Crippen molar-refractivity contribution in [2.24, 2.45) is 0 Å². The number of rotatable bonds is 4. The smallest absolute Gasteiger partial charge is 0.237 e. The number of nitrogens with one attached hydrogen (secondary N) is 1. The standard InChI is InChI=1S/C13H12BrN3O2S/c14-9-1-3-10(4-2-9)17-13(18)8-20(19)12-5-6-16-7-11(12)15/h1-7H,8,15H2,(H,17,18). The fourth-order valence-electron chi connectivity index (χ4n) is 1.53. The van der Waals surface area contributed by atoms with Crippen molar-refractivity contribution in [3.05, 3.63) is 47.2 Å². The van der Waals surface area contributed by atoms with Gasteiger partial charge in [-0.25, -0.2) is 0 Å². The Morgan fingerprint density at radius 1 is 1.30 bits per heavy atom. The molecular weight excluding hydrogens is 342 g/mol. The van der Waals surface area contributed by atoms with Crippen LogP contribution in [0.1, 0.15) is 0 Å². The number of carbonyl (C=O) groups is 1. The maximum atomic E-state index is 12.1. The van der Waals surface area contributed by atoms with Crippen molar-refractivity contribution in [3.63, 3.8) is 0 Å². The third kappa shape index (κ3) is 3.88. The molecular formula is C13H12BrN3O2S. The van der Waals surface area contributed by atoms with E-state index in [4.69, 9.17) is 5.73 Å². The minimum absolute atomic E-state index is 0.149. The van der Waals surface area contributed by atoms with Crippen molar-refractivity contribution < 1.29 is 9.00 Å². The van der Waals surface area contributed by atoms with E-state index in [0.717, 1.165) is 4.47 Å². The largest absolute Gasteiger partial charge is 0.396 e. The molecule has 1 aromatic heterocycles. The van der Waals surface area contributed by atoms with Crippen molar-refractivity contribution in [2.75, 3.05) is 16.8 Å². The zero-order valence-corrected chi connectivity index (χ0v) is 12.8. The highest BCUT2D eigenvalue weighted by molar-refractivity contribution is 9.10. The molecule has 1 atom stereocenters. The lowest BCUT2D eigenvalue weighted by molar-refractivity contribution is -0.113. The molecule has 0 spiro atoms. The molecule has 0 aliphatic carbocycles. The van der Waals surface area contributed by atoms with Crippen LogP contribution in [0, 0.1) is 0 Å². The van der Waals surface area contributed by atoms with Gasteiger partial charge in [-0.05, 0) is 30.3 Å². The lowest BCUT2D eigenvalue weighted by atomic mass is 10.3. The predicted octanol–water partition coefficient (Wildman–Crippen LogP) is 2.17. The van der Waals surface area contributed by atoms with E-state index in [1.54, 1.807) is 18.2 Å². The van der Waals surface area contributed by atoms with E-state index in [9.17, 15) is 9.00 Å². The van der Waals surface area contributed by atoms with E-state index in [0.29, 0.717) is 16.3 Å². The zero-order valence-electron chi connectivity index (χ0n) is 10.4. The van der Waals surface area contributed by atoms with Gasteiger partial charge in [0.1, 0.15) is 5.75 Å². The molecule has 1 aromatic carbocycles. The molecule has 0 bridgehead atoms. The maximum absolute atomic E-state index is 12.1. The Bertz CT molecular complexity index is 646. The van der Waals surface area contributed by atoms with E-state index >= 15 is 0 Å². The monoisotopic (exact) mass is 353 g/mol. The number of carbonyl (C=O) groups excluding carboxylic acids is 1. The topological polar surface area (TPSA) is 85.1 Å². The van der Waals surface area contributed by atoms with Crippen LogP contribution in [0.5, 0.6) is 0 Å². The van der Waals surface area contributed by atoms with Crippen LogP contribution in [0.15, 0.2) is 52.1 Å². The summed E-state index contributed by atoms with van der Waals surface area (Å²) in [5, 5.41) is 2.68. The number of halogens is 1. The van der Waals surface area contributed by atoms with E-state index < -0.39 is 10.8 Å². The van der Waals surface area contributed by atoms with Gasteiger partial charge in [-0.15, -0.1) is 0 Å². The number of hydrogen-bond donors (Lipinski definition) is 2. The van der Waals surface area contributed by atoms with Crippen LogP contribution < -0.4 is 11.1 Å². The number of hydrogen-bond acceptors (Lipinski definition) is 4. The van der Waals surface area contributed by atoms with Gasteiger partial charge in [0, 0.05) is 16.4 Å². The average Bonchev–Trinajstić information content (AvgIpc) is 2.41. The number of nitrogen functional groups attached to an aromatic ring is 1. The van der Waals surface area contributed by atoms with E-state index in [1.165, 1.54) is 12.4 Å². The molecule has 3 N–H and O–H groups in total. The van der Waals surface area contributed by atoms with Crippen LogP contribution in [0.4, 0.5) is 11.4 Å². The molecule has 1 unspecified atom stereocenters. The Morgan fingerprint density at radius 2 is 2.00 bits per heavy atom. The summed E-state index contributed by atoms with van der Waals surface area (Å²) in [5.41, 5.74) is 6.65. The Morgan fingerprint density at radius 3 is 2.65 bits per heavy atom. The molecule has 0 radical (unpaired) electrons. The number of aromatic nitrogens is 1. The van der Waals surface area contributed by atoms with Crippen LogP contribution in [0.25, 0.3) is 0 Å². The predicted molar refractivity (Wildman–Crippen MR) is 82.7 cm³/mol. The molecule has 0 aliphatic heterocycles. The molecule has 0 aliphatic rings. The maximum Gasteiger partial charge on any atom is 0.237 e. The highest BCUT2D eigenvalue weighted by atomic mass is 79.9. The molecule has 1 amide bonds. The molecule has 1 heterocycles. The Hall–Kier alpha value is -1.73. The first-order valence-electron chi connectivity index (χ1n) is 5.69. The molecule has 0 fully saturated rings. The molecule has 20 heavy (non-hydrogen) atoms. The van der Waals surface area contributed by atoms with E-state index in [-0.39, 0.29) is 11.7 Å². The summed E-state index contributed by atoms with van der Waals surface area (Å²) >= 11 is 3.31. The van der Waals surface area contributed by atoms with Gasteiger partial charge in [0.15, 0.2) is 0 Å². The minimum Gasteiger partial charge on any atom is -0.396 e. The minimum atomic E-state index is -1.49. The third-order valence-corrected chi connectivity index (χ3v) is 4.36. The lowest BCUT2D eigenvalue weighted by Crippen LogP contribution is -2.20. The summed E-state index contributed by atoms with van der Waals surface area (Å²) in [4.78, 5) is 16.1. The van der Waals surface area contributed by atoms with Crippen molar-refractivity contribution >= 4 is 44.0 Å². The second kappa shape index (κ2) is 6.62. The summed E-state index contributed by atoms with van der Waals surface area (Å²) in [6.45, 7) is 0. The Balaban J connectivity index is 2.00. The van der Waals surface area contributed by atoms with Crippen molar-refractivity contribution in [2.45, 2.75) is 4.90 Å². The summed E-state index contributed by atoms with van der Waals surface area (Å²) < 4.78 is 13.0. The third-order valence-electron chi connectivity index (χ3n) is 2.45. The number of amides is 1. The number of nitrogens with zero attached hydrogens (tertiary/aromatic N) is 1. The number of anilines is 2. The van der Waals surface area contributed by atoms with Crippen LogP contribution >= 0.6 is 15.9 Å². The first kappa shape index (κ1) is 14.7. The van der Waals surface area contributed by atoms with Gasteiger partial charge in [0.05, 0.1) is 27.6 Å². The normalized spacial score (nSPS) is 11.8. The van der Waals surface area contributed by atoms with Crippen molar-refractivity contribution in [1.82, 2.24) is 4.98 Å². The fraction of sp³-hybridized carbons (Fsp3) is 0.0769. The number of pyridine rings is 1. The average molecular weight is 354 g/mol. The van der Waals surface area contributed by atoms with Gasteiger partial charge in [0.2, 0.25) is 5.91 Å². The molecule has 7 heteroatoms. The van der Waals surface area contributed by atoms with Crippen LogP contribution in [0.3, 0.4) is 0 Å². The van der Waals surface area contributed by atoms with Gasteiger partial charge in [0.25, 0.3) is 0 Å². The summed E-state index contributed by atoms with van der Waals surface area (Å²) in [5.74, 6) is -0.480. The number of nitrogens with two attached hydrogens (primary N) is 1. The van der Waals surface area contributed by atoms with Gasteiger partial charge >= 0.3 is 0 Å². The van der Waals surface area contributed by atoms with E-state index in [2.05, 4.69) is 26.2 Å². The Labute approximate surface area is 127 Å². The van der Waals surface area contributed by atoms with Crippen molar-refractivity contribution in [1.29, 1.82) is 0 Å². The van der Waals surface area contributed by atoms with Gasteiger partial charge in [-0.2, -0.15) is 0 Å². The molecule has 5 nitrogen and oxygen atoms in total. The molecule has 2 rings (SSSR count). The first-order valence-corrected chi connectivity index (χ1v) is 7.81. The van der Waals surface area contributed by atoms with Crippen molar-refractivity contribution in [3.8, 4) is 0 Å². The summed E-state index contributed by atoms with van der Waals surface area (Å²) in [7, 11) is -1.49. The van der Waals surface area contributed by atoms with Gasteiger partial charge < -0.3 is 11.1 Å². The van der Waals surface area contributed by atoms with Gasteiger partial charge in [-0.1, -0.05) is 15.9 Å². The fourth-order valence-corrected chi connectivity index (χ4v) is 2.79. The van der Waals surface area contributed by atoms with Crippen LogP contribution in [-0.2, 0) is 15.6 Å². The summed E-state index contributed by atoms with van der Waals surface area (Å²) in [6.07, 6.45) is 2.91. The highest BCUT2D eigenvalue weighted by Gasteiger charge is 2.12. The SMILES string of the molecule is Nc1cnccc1S(=O)CC(=O)Nc1ccc(Br)cc1. The quantitative estimate of drug-likeness (QED) is 0.881. The molecule has 0 saturated heterocycles. The first-order chi connectivity index (χ1) is 9.56.